The molecule has 0 saturated carbocycles. The molecule has 1 N–H and O–H groups in total. The third-order valence-corrected chi connectivity index (χ3v) is 5.49. The van der Waals surface area contributed by atoms with Crippen LogP contribution in [-0.2, 0) is 10.0 Å². The fourth-order valence-corrected chi connectivity index (χ4v) is 4.31. The van der Waals surface area contributed by atoms with E-state index in [2.05, 4.69) is 4.90 Å². The van der Waals surface area contributed by atoms with E-state index in [0.717, 1.165) is 25.9 Å². The molecule has 5 nitrogen and oxygen atoms in total. The van der Waals surface area contributed by atoms with Gasteiger partial charge >= 0.3 is 0 Å². The highest BCUT2D eigenvalue weighted by molar-refractivity contribution is 7.89. The maximum Gasteiger partial charge on any atom is 0.214 e. The van der Waals surface area contributed by atoms with Gasteiger partial charge in [0.05, 0.1) is 5.75 Å². The Bertz CT molecular complexity index is 332. The molecule has 0 bridgehead atoms. The fourth-order valence-electron chi connectivity index (χ4n) is 2.43. The SMILES string of the molecule is CCC1CN(C)CCCN1S(=O)(=O)CCCCO. The number of aliphatic hydroxyl groups is 1. The van der Waals surface area contributed by atoms with Gasteiger partial charge in [0.25, 0.3) is 0 Å². The lowest BCUT2D eigenvalue weighted by Crippen LogP contribution is -2.44. The zero-order valence-electron chi connectivity index (χ0n) is 11.5. The molecule has 1 aliphatic rings. The Labute approximate surface area is 111 Å². The van der Waals surface area contributed by atoms with Gasteiger partial charge in [-0.1, -0.05) is 6.92 Å². The van der Waals surface area contributed by atoms with Crippen LogP contribution in [-0.4, -0.2) is 67.8 Å². The average Bonchev–Trinajstić information content (AvgIpc) is 2.51. The molecule has 1 saturated heterocycles. The van der Waals surface area contributed by atoms with E-state index < -0.39 is 10.0 Å². The minimum Gasteiger partial charge on any atom is -0.396 e. The van der Waals surface area contributed by atoms with Crippen molar-refractivity contribution in [2.24, 2.45) is 0 Å². The third-order valence-electron chi connectivity index (χ3n) is 3.49. The quantitative estimate of drug-likeness (QED) is 0.719. The number of unbranched alkanes of at least 4 members (excludes halogenated alkanes) is 1. The van der Waals surface area contributed by atoms with E-state index in [9.17, 15) is 8.42 Å². The first-order valence-corrected chi connectivity index (χ1v) is 8.41. The van der Waals surface area contributed by atoms with Crippen LogP contribution in [0.15, 0.2) is 0 Å². The molecule has 1 aliphatic heterocycles. The van der Waals surface area contributed by atoms with E-state index in [1.54, 1.807) is 4.31 Å². The van der Waals surface area contributed by atoms with E-state index in [1.165, 1.54) is 0 Å². The zero-order chi connectivity index (χ0) is 13.6. The lowest BCUT2D eigenvalue weighted by atomic mass is 10.2. The molecule has 0 radical (unpaired) electrons. The average molecular weight is 278 g/mol. The number of likely N-dealkylation sites (N-methyl/N-ethyl adjacent to an activating group) is 1. The molecular formula is C12H26N2O3S. The van der Waals surface area contributed by atoms with Gasteiger partial charge in [-0.05, 0) is 39.3 Å². The summed E-state index contributed by atoms with van der Waals surface area (Å²) in [5, 5.41) is 8.74. The second-order valence-electron chi connectivity index (χ2n) is 5.04. The van der Waals surface area contributed by atoms with Gasteiger partial charge in [-0.2, -0.15) is 4.31 Å². The Hall–Kier alpha value is -0.170. The highest BCUT2D eigenvalue weighted by Crippen LogP contribution is 2.17. The maximum atomic E-state index is 12.3. The van der Waals surface area contributed by atoms with Crippen molar-refractivity contribution < 1.29 is 13.5 Å². The topological polar surface area (TPSA) is 60.9 Å². The Kier molecular flexibility index (Phi) is 6.55. The number of hydrogen-bond acceptors (Lipinski definition) is 4. The van der Waals surface area contributed by atoms with Crippen LogP contribution < -0.4 is 0 Å². The van der Waals surface area contributed by atoms with E-state index >= 15 is 0 Å². The van der Waals surface area contributed by atoms with Crippen molar-refractivity contribution in [3.63, 3.8) is 0 Å². The predicted octanol–water partition coefficient (Wildman–Crippen LogP) is 0.505. The summed E-state index contributed by atoms with van der Waals surface area (Å²) < 4.78 is 26.3. The van der Waals surface area contributed by atoms with Gasteiger partial charge in [0, 0.05) is 25.7 Å². The van der Waals surface area contributed by atoms with Crippen molar-refractivity contribution in [3.05, 3.63) is 0 Å². The molecule has 0 aromatic rings. The van der Waals surface area contributed by atoms with Crippen molar-refractivity contribution in [2.45, 2.75) is 38.6 Å². The molecule has 0 aromatic carbocycles. The summed E-state index contributed by atoms with van der Waals surface area (Å²) in [6.45, 7) is 4.51. The van der Waals surface area contributed by atoms with Crippen LogP contribution >= 0.6 is 0 Å². The second kappa shape index (κ2) is 7.43. The van der Waals surface area contributed by atoms with Gasteiger partial charge in [-0.25, -0.2) is 8.42 Å². The summed E-state index contributed by atoms with van der Waals surface area (Å²) in [5.74, 6) is 0.160. The molecule has 1 unspecified atom stereocenters. The number of sulfonamides is 1. The molecule has 108 valence electrons. The van der Waals surface area contributed by atoms with Gasteiger partial charge < -0.3 is 10.0 Å². The largest absolute Gasteiger partial charge is 0.396 e. The molecule has 1 rings (SSSR count). The molecule has 6 heteroatoms. The minimum absolute atomic E-state index is 0.0649. The van der Waals surface area contributed by atoms with Crippen LogP contribution in [0.4, 0.5) is 0 Å². The number of hydrogen-bond donors (Lipinski definition) is 1. The summed E-state index contributed by atoms with van der Waals surface area (Å²) in [6.07, 6.45) is 2.85. The van der Waals surface area contributed by atoms with Crippen molar-refractivity contribution in [1.29, 1.82) is 0 Å². The van der Waals surface area contributed by atoms with E-state index in [0.29, 0.717) is 19.4 Å². The molecular weight excluding hydrogens is 252 g/mol. The number of nitrogens with zero attached hydrogens (tertiary/aromatic N) is 2. The monoisotopic (exact) mass is 278 g/mol. The summed E-state index contributed by atoms with van der Waals surface area (Å²) in [5.41, 5.74) is 0. The lowest BCUT2D eigenvalue weighted by Gasteiger charge is -2.29. The zero-order valence-corrected chi connectivity index (χ0v) is 12.3. The van der Waals surface area contributed by atoms with E-state index in [1.807, 2.05) is 14.0 Å². The molecule has 0 amide bonds. The van der Waals surface area contributed by atoms with Gasteiger partial charge in [0.1, 0.15) is 0 Å². The standard InChI is InChI=1S/C12H26N2O3S/c1-3-12-11-13(2)7-6-8-14(12)18(16,17)10-5-4-9-15/h12,15H,3-11H2,1-2H3. The van der Waals surface area contributed by atoms with Gasteiger partial charge in [-0.15, -0.1) is 0 Å². The predicted molar refractivity (Wildman–Crippen MR) is 73.0 cm³/mol. The Morgan fingerprint density at radius 2 is 2.00 bits per heavy atom. The van der Waals surface area contributed by atoms with Gasteiger partial charge in [0.2, 0.25) is 10.0 Å². The van der Waals surface area contributed by atoms with Crippen LogP contribution in [0.3, 0.4) is 0 Å². The normalized spacial score (nSPS) is 24.1. The molecule has 1 atom stereocenters. The highest BCUT2D eigenvalue weighted by atomic mass is 32.2. The number of aliphatic hydroxyl groups excluding tert-OH is 1. The van der Waals surface area contributed by atoms with Gasteiger partial charge in [0.15, 0.2) is 0 Å². The molecule has 1 fully saturated rings. The van der Waals surface area contributed by atoms with Crippen LogP contribution in [0, 0.1) is 0 Å². The lowest BCUT2D eigenvalue weighted by molar-refractivity contribution is 0.269. The van der Waals surface area contributed by atoms with E-state index in [4.69, 9.17) is 5.11 Å². The Morgan fingerprint density at radius 3 is 2.61 bits per heavy atom. The summed E-state index contributed by atoms with van der Waals surface area (Å²) >= 11 is 0. The van der Waals surface area contributed by atoms with Crippen molar-refractivity contribution in [3.8, 4) is 0 Å². The van der Waals surface area contributed by atoms with Crippen molar-refractivity contribution in [1.82, 2.24) is 9.21 Å². The van der Waals surface area contributed by atoms with Gasteiger partial charge in [-0.3, -0.25) is 0 Å². The first-order chi connectivity index (χ1) is 8.51. The molecule has 18 heavy (non-hydrogen) atoms. The molecule has 0 aliphatic carbocycles. The highest BCUT2D eigenvalue weighted by Gasteiger charge is 2.30. The minimum atomic E-state index is -3.17. The van der Waals surface area contributed by atoms with Crippen LogP contribution in [0.5, 0.6) is 0 Å². The van der Waals surface area contributed by atoms with Crippen molar-refractivity contribution >= 4 is 10.0 Å². The van der Waals surface area contributed by atoms with Crippen molar-refractivity contribution in [2.75, 3.05) is 39.0 Å². The summed E-state index contributed by atoms with van der Waals surface area (Å²) in [7, 11) is -1.12. The van der Waals surface area contributed by atoms with Crippen LogP contribution in [0.1, 0.15) is 32.6 Å². The maximum absolute atomic E-state index is 12.3. The Morgan fingerprint density at radius 1 is 1.28 bits per heavy atom. The first kappa shape index (κ1) is 15.9. The second-order valence-corrected chi connectivity index (χ2v) is 7.08. The molecule has 0 aromatic heterocycles. The Balaban J connectivity index is 2.70. The van der Waals surface area contributed by atoms with Crippen LogP contribution in [0.25, 0.3) is 0 Å². The first-order valence-electron chi connectivity index (χ1n) is 6.80. The fraction of sp³-hybridized carbons (Fsp3) is 1.00. The van der Waals surface area contributed by atoms with Crippen LogP contribution in [0.2, 0.25) is 0 Å². The van der Waals surface area contributed by atoms with E-state index in [-0.39, 0.29) is 18.4 Å². The summed E-state index contributed by atoms with van der Waals surface area (Å²) in [4.78, 5) is 2.21. The molecule has 0 spiro atoms. The third kappa shape index (κ3) is 4.50. The number of rotatable bonds is 6. The molecule has 1 heterocycles. The smallest absolute Gasteiger partial charge is 0.214 e. The summed E-state index contributed by atoms with van der Waals surface area (Å²) in [6, 6.07) is 0.0941.